The Morgan fingerprint density at radius 2 is 1.79 bits per heavy atom. The summed E-state index contributed by atoms with van der Waals surface area (Å²) in [5.41, 5.74) is 3.27. The van der Waals surface area contributed by atoms with Crippen molar-refractivity contribution in [2.24, 2.45) is 0 Å². The molecule has 1 saturated heterocycles. The number of hydrogen-bond donors (Lipinski definition) is 0. The summed E-state index contributed by atoms with van der Waals surface area (Å²) in [6.07, 6.45) is 4.83. The van der Waals surface area contributed by atoms with Gasteiger partial charge in [0.05, 0.1) is 11.2 Å². The first-order valence-corrected chi connectivity index (χ1v) is 6.72. The van der Waals surface area contributed by atoms with Crippen LogP contribution in [-0.4, -0.2) is 16.4 Å². The molecule has 2 aliphatic rings. The number of aryl methyl sites for hydroxylation is 2. The molecule has 4 heteroatoms. The number of carbonyl (C=O) groups is 2. The number of hydrogen-bond acceptors (Lipinski definition) is 2. The lowest BCUT2D eigenvalue weighted by atomic mass is 10.0. The van der Waals surface area contributed by atoms with E-state index in [-0.39, 0.29) is 11.8 Å². The molecule has 0 N–H and O–H groups in total. The fourth-order valence-electron chi connectivity index (χ4n) is 3.26. The summed E-state index contributed by atoms with van der Waals surface area (Å²) in [4.78, 5) is 25.2. The SMILES string of the molecule is O=C1CCC(=O)N1c1cn2c3c(cccc13)CCC2. The third kappa shape index (κ3) is 1.40. The van der Waals surface area contributed by atoms with Gasteiger partial charge in [0.2, 0.25) is 11.8 Å². The van der Waals surface area contributed by atoms with Gasteiger partial charge in [-0.1, -0.05) is 18.2 Å². The summed E-state index contributed by atoms with van der Waals surface area (Å²) < 4.78 is 2.18. The molecule has 1 aromatic carbocycles. The van der Waals surface area contributed by atoms with Crippen LogP contribution in [0.1, 0.15) is 24.8 Å². The van der Waals surface area contributed by atoms with E-state index in [1.807, 2.05) is 18.3 Å². The molecule has 3 heterocycles. The number of imide groups is 1. The summed E-state index contributed by atoms with van der Waals surface area (Å²) >= 11 is 0. The maximum atomic E-state index is 11.9. The van der Waals surface area contributed by atoms with Crippen LogP contribution < -0.4 is 4.90 Å². The van der Waals surface area contributed by atoms with Crippen molar-refractivity contribution in [1.82, 2.24) is 4.57 Å². The lowest BCUT2D eigenvalue weighted by Gasteiger charge is -2.14. The van der Waals surface area contributed by atoms with E-state index >= 15 is 0 Å². The van der Waals surface area contributed by atoms with Gasteiger partial charge >= 0.3 is 0 Å². The van der Waals surface area contributed by atoms with E-state index in [0.29, 0.717) is 12.8 Å². The molecule has 0 bridgehead atoms. The Labute approximate surface area is 110 Å². The standard InChI is InChI=1S/C15H14N2O2/c18-13-6-7-14(19)17(13)12-9-16-8-2-4-10-3-1-5-11(12)15(10)16/h1,3,5,9H,2,4,6-8H2. The third-order valence-corrected chi connectivity index (χ3v) is 4.10. The van der Waals surface area contributed by atoms with Crippen LogP contribution in [0, 0.1) is 0 Å². The van der Waals surface area contributed by atoms with Crippen LogP contribution in [0.5, 0.6) is 0 Å². The Kier molecular flexibility index (Phi) is 2.10. The van der Waals surface area contributed by atoms with Gasteiger partial charge in [-0.3, -0.25) is 9.59 Å². The fraction of sp³-hybridized carbons (Fsp3) is 0.333. The normalized spacial score (nSPS) is 18.6. The maximum Gasteiger partial charge on any atom is 0.234 e. The van der Waals surface area contributed by atoms with E-state index in [1.165, 1.54) is 16.0 Å². The van der Waals surface area contributed by atoms with Gasteiger partial charge in [0.25, 0.3) is 0 Å². The van der Waals surface area contributed by atoms with Crippen molar-refractivity contribution in [2.75, 3.05) is 4.90 Å². The number of para-hydroxylation sites is 1. The fourth-order valence-corrected chi connectivity index (χ4v) is 3.26. The summed E-state index contributed by atoms with van der Waals surface area (Å²) in [5.74, 6) is -0.151. The zero-order chi connectivity index (χ0) is 13.0. The van der Waals surface area contributed by atoms with Gasteiger partial charge in [0.1, 0.15) is 0 Å². The third-order valence-electron chi connectivity index (χ3n) is 4.10. The molecule has 0 radical (unpaired) electrons. The van der Waals surface area contributed by atoms with Gasteiger partial charge in [-0.15, -0.1) is 0 Å². The van der Waals surface area contributed by atoms with Crippen molar-refractivity contribution in [2.45, 2.75) is 32.2 Å². The first-order valence-electron chi connectivity index (χ1n) is 6.72. The van der Waals surface area contributed by atoms with Crippen molar-refractivity contribution in [3.05, 3.63) is 30.0 Å². The van der Waals surface area contributed by atoms with Crippen LogP contribution >= 0.6 is 0 Å². The molecule has 4 rings (SSSR count). The molecule has 4 nitrogen and oxygen atoms in total. The first kappa shape index (κ1) is 10.8. The van der Waals surface area contributed by atoms with E-state index < -0.39 is 0 Å². The highest BCUT2D eigenvalue weighted by Crippen LogP contribution is 2.36. The van der Waals surface area contributed by atoms with Gasteiger partial charge < -0.3 is 4.57 Å². The quantitative estimate of drug-likeness (QED) is 0.732. The number of rotatable bonds is 1. The Balaban J connectivity index is 1.99. The summed E-state index contributed by atoms with van der Waals surface area (Å²) in [7, 11) is 0. The molecule has 1 aromatic heterocycles. The van der Waals surface area contributed by atoms with Crippen LogP contribution in [0.3, 0.4) is 0 Å². The van der Waals surface area contributed by atoms with Gasteiger partial charge in [0.15, 0.2) is 0 Å². The smallest absolute Gasteiger partial charge is 0.234 e. The minimum Gasteiger partial charge on any atom is -0.345 e. The molecule has 0 unspecified atom stereocenters. The molecule has 0 atom stereocenters. The molecular weight excluding hydrogens is 240 g/mol. The first-order chi connectivity index (χ1) is 9.25. The Morgan fingerprint density at radius 1 is 1.00 bits per heavy atom. The number of aromatic nitrogens is 1. The zero-order valence-corrected chi connectivity index (χ0v) is 10.6. The highest BCUT2D eigenvalue weighted by Gasteiger charge is 2.33. The highest BCUT2D eigenvalue weighted by atomic mass is 16.2. The van der Waals surface area contributed by atoms with Crippen LogP contribution in [0.2, 0.25) is 0 Å². The lowest BCUT2D eigenvalue weighted by molar-refractivity contribution is -0.121. The van der Waals surface area contributed by atoms with Crippen LogP contribution in [-0.2, 0) is 22.6 Å². The number of carbonyl (C=O) groups excluding carboxylic acids is 2. The lowest BCUT2D eigenvalue weighted by Crippen LogP contribution is -2.28. The molecule has 0 saturated carbocycles. The predicted octanol–water partition coefficient (Wildman–Crippen LogP) is 2.24. The molecule has 1 fully saturated rings. The number of benzene rings is 1. The second kappa shape index (κ2) is 3.70. The summed E-state index contributed by atoms with van der Waals surface area (Å²) in [6, 6.07) is 6.16. The van der Waals surface area contributed by atoms with Crippen molar-refractivity contribution >= 4 is 28.4 Å². The van der Waals surface area contributed by atoms with Gasteiger partial charge in [-0.05, 0) is 18.4 Å². The molecular formula is C15H14N2O2. The molecule has 96 valence electrons. The Bertz CT molecular complexity index is 698. The van der Waals surface area contributed by atoms with Crippen LogP contribution in [0.25, 0.3) is 10.9 Å². The summed E-state index contributed by atoms with van der Waals surface area (Å²) in [6.45, 7) is 0.962. The average Bonchev–Trinajstić information content (AvgIpc) is 2.93. The molecule has 0 aliphatic carbocycles. The number of nitrogens with zero attached hydrogens (tertiary/aromatic N) is 2. The average molecular weight is 254 g/mol. The summed E-state index contributed by atoms with van der Waals surface area (Å²) in [5, 5.41) is 1.03. The zero-order valence-electron chi connectivity index (χ0n) is 10.6. The van der Waals surface area contributed by atoms with Crippen LogP contribution in [0.15, 0.2) is 24.4 Å². The van der Waals surface area contributed by atoms with E-state index in [1.54, 1.807) is 0 Å². The van der Waals surface area contributed by atoms with Gasteiger partial charge in [-0.25, -0.2) is 4.90 Å². The highest BCUT2D eigenvalue weighted by molar-refractivity contribution is 6.23. The van der Waals surface area contributed by atoms with E-state index in [4.69, 9.17) is 0 Å². The largest absolute Gasteiger partial charge is 0.345 e. The van der Waals surface area contributed by atoms with Crippen molar-refractivity contribution in [3.8, 4) is 0 Å². The van der Waals surface area contributed by atoms with Crippen LogP contribution in [0.4, 0.5) is 5.69 Å². The van der Waals surface area contributed by atoms with Gasteiger partial charge in [-0.2, -0.15) is 0 Å². The van der Waals surface area contributed by atoms with E-state index in [0.717, 1.165) is 30.5 Å². The monoisotopic (exact) mass is 254 g/mol. The molecule has 2 amide bonds. The maximum absolute atomic E-state index is 11.9. The number of anilines is 1. The topological polar surface area (TPSA) is 42.3 Å². The van der Waals surface area contributed by atoms with Crippen molar-refractivity contribution in [1.29, 1.82) is 0 Å². The minimum atomic E-state index is -0.0753. The number of amides is 2. The molecule has 0 spiro atoms. The van der Waals surface area contributed by atoms with E-state index in [9.17, 15) is 9.59 Å². The van der Waals surface area contributed by atoms with Gasteiger partial charge in [0, 0.05) is 31.0 Å². The molecule has 19 heavy (non-hydrogen) atoms. The Hall–Kier alpha value is -2.10. The molecule has 2 aromatic rings. The predicted molar refractivity (Wildman–Crippen MR) is 72.0 cm³/mol. The second-order valence-corrected chi connectivity index (χ2v) is 5.25. The Morgan fingerprint density at radius 3 is 2.58 bits per heavy atom. The minimum absolute atomic E-state index is 0.0753. The second-order valence-electron chi connectivity index (χ2n) is 5.25. The van der Waals surface area contributed by atoms with Crippen molar-refractivity contribution in [3.63, 3.8) is 0 Å². The molecule has 2 aliphatic heterocycles. The van der Waals surface area contributed by atoms with Crippen molar-refractivity contribution < 1.29 is 9.59 Å². The van der Waals surface area contributed by atoms with E-state index in [2.05, 4.69) is 10.6 Å².